The van der Waals surface area contributed by atoms with Crippen molar-refractivity contribution < 1.29 is 4.79 Å². The van der Waals surface area contributed by atoms with Crippen LogP contribution in [0.3, 0.4) is 0 Å². The molecule has 1 N–H and O–H groups in total. The molecular weight excluding hydrogens is 290 g/mol. The molecule has 5 nitrogen and oxygen atoms in total. The second kappa shape index (κ2) is 5.46. The number of carbonyl (C=O) groups is 1. The fourth-order valence-electron chi connectivity index (χ4n) is 3.97. The molecule has 0 bridgehead atoms. The van der Waals surface area contributed by atoms with Crippen molar-refractivity contribution >= 4 is 5.91 Å². The van der Waals surface area contributed by atoms with Gasteiger partial charge in [-0.1, -0.05) is 27.7 Å². The van der Waals surface area contributed by atoms with E-state index in [1.807, 2.05) is 11.8 Å². The Morgan fingerprint density at radius 2 is 2.09 bits per heavy atom. The van der Waals surface area contributed by atoms with Crippen LogP contribution in [0, 0.1) is 0 Å². The molecule has 0 aromatic carbocycles. The molecule has 3 rings (SSSR count). The number of fused-ring (bicyclic) bond motifs is 2. The first-order valence-electron chi connectivity index (χ1n) is 8.69. The zero-order valence-electron chi connectivity index (χ0n) is 14.7. The zero-order valence-corrected chi connectivity index (χ0v) is 14.7. The lowest BCUT2D eigenvalue weighted by Crippen LogP contribution is -2.48. The van der Waals surface area contributed by atoms with Crippen LogP contribution >= 0.6 is 0 Å². The minimum Gasteiger partial charge on any atom is -0.342 e. The van der Waals surface area contributed by atoms with Gasteiger partial charge in [0.1, 0.15) is 5.82 Å². The van der Waals surface area contributed by atoms with Crippen molar-refractivity contribution in [3.8, 4) is 0 Å². The van der Waals surface area contributed by atoms with Gasteiger partial charge in [0.15, 0.2) is 0 Å². The molecule has 1 aromatic heterocycles. The van der Waals surface area contributed by atoms with Gasteiger partial charge in [-0.2, -0.15) is 0 Å². The molecule has 1 atom stereocenters. The lowest BCUT2D eigenvalue weighted by molar-refractivity contribution is -0.133. The van der Waals surface area contributed by atoms with Crippen LogP contribution in [-0.4, -0.2) is 33.9 Å². The summed E-state index contributed by atoms with van der Waals surface area (Å²) in [7, 11) is 0. The van der Waals surface area contributed by atoms with Gasteiger partial charge in [-0.25, -0.2) is 4.98 Å². The van der Waals surface area contributed by atoms with E-state index in [0.717, 1.165) is 49.3 Å². The van der Waals surface area contributed by atoms with Gasteiger partial charge >= 0.3 is 0 Å². The number of nitrogens with zero attached hydrogens (tertiary/aromatic N) is 2. The van der Waals surface area contributed by atoms with E-state index in [9.17, 15) is 9.59 Å². The monoisotopic (exact) mass is 317 g/mol. The first kappa shape index (κ1) is 16.2. The van der Waals surface area contributed by atoms with Crippen molar-refractivity contribution in [3.05, 3.63) is 27.4 Å². The molecule has 0 saturated carbocycles. The van der Waals surface area contributed by atoms with E-state index in [1.165, 1.54) is 0 Å². The number of aromatic nitrogens is 2. The third-order valence-electron chi connectivity index (χ3n) is 5.31. The number of likely N-dealkylation sites (tertiary alicyclic amines) is 1. The van der Waals surface area contributed by atoms with Gasteiger partial charge in [0.2, 0.25) is 5.91 Å². The first-order valence-corrected chi connectivity index (χ1v) is 8.69. The van der Waals surface area contributed by atoms with Gasteiger partial charge in [0.05, 0.1) is 5.69 Å². The summed E-state index contributed by atoms with van der Waals surface area (Å²) in [6.45, 7) is 9.64. The Labute approximate surface area is 137 Å². The van der Waals surface area contributed by atoms with Crippen molar-refractivity contribution in [2.45, 2.75) is 70.6 Å². The van der Waals surface area contributed by atoms with Crippen LogP contribution in [0.5, 0.6) is 0 Å². The van der Waals surface area contributed by atoms with Crippen molar-refractivity contribution in [1.29, 1.82) is 0 Å². The minimum absolute atomic E-state index is 0.00995. The summed E-state index contributed by atoms with van der Waals surface area (Å²) in [5.74, 6) is 0.958. The Balaban J connectivity index is 2.05. The number of carbonyl (C=O) groups excluding carboxylic acids is 1. The lowest BCUT2D eigenvalue weighted by atomic mass is 9.77. The number of H-pyrrole nitrogens is 1. The molecule has 2 aliphatic rings. The van der Waals surface area contributed by atoms with E-state index in [1.54, 1.807) is 0 Å². The van der Waals surface area contributed by atoms with Gasteiger partial charge in [0.25, 0.3) is 5.56 Å². The van der Waals surface area contributed by atoms with Gasteiger partial charge in [-0.3, -0.25) is 9.59 Å². The molecule has 1 aliphatic heterocycles. The summed E-state index contributed by atoms with van der Waals surface area (Å²) in [4.78, 5) is 34.5. The minimum atomic E-state index is -0.189. The van der Waals surface area contributed by atoms with Crippen LogP contribution in [0.2, 0.25) is 0 Å². The standard InChI is InChI=1S/C18H27N3O2/c1-5-13(22)21-10-6-8-18(11-21)9-7-12-14(18)19-16(17(2,3)4)20-15(12)23/h5-11H2,1-4H3,(H,19,20,23). The molecule has 1 amide bonds. The number of hydrogen-bond acceptors (Lipinski definition) is 3. The molecule has 1 aliphatic carbocycles. The highest BCUT2D eigenvalue weighted by Crippen LogP contribution is 2.43. The maximum Gasteiger partial charge on any atom is 0.254 e. The summed E-state index contributed by atoms with van der Waals surface area (Å²) in [6, 6.07) is 0. The van der Waals surface area contributed by atoms with Gasteiger partial charge < -0.3 is 9.88 Å². The maximum absolute atomic E-state index is 12.5. The SMILES string of the molecule is CCC(=O)N1CCCC2(CCc3c2nc(C(C)(C)C)[nH]c3=O)C1. The molecule has 5 heteroatoms. The lowest BCUT2D eigenvalue weighted by Gasteiger charge is -2.40. The third-order valence-corrected chi connectivity index (χ3v) is 5.31. The molecule has 23 heavy (non-hydrogen) atoms. The predicted molar refractivity (Wildman–Crippen MR) is 89.7 cm³/mol. The van der Waals surface area contributed by atoms with E-state index >= 15 is 0 Å². The van der Waals surface area contributed by atoms with E-state index in [4.69, 9.17) is 4.98 Å². The predicted octanol–water partition coefficient (Wildman–Crippen LogP) is 2.28. The average Bonchev–Trinajstić information content (AvgIpc) is 2.85. The van der Waals surface area contributed by atoms with Crippen molar-refractivity contribution in [1.82, 2.24) is 14.9 Å². The molecule has 2 heterocycles. The summed E-state index contributed by atoms with van der Waals surface area (Å²) in [5.41, 5.74) is 1.50. The maximum atomic E-state index is 12.5. The zero-order chi connectivity index (χ0) is 16.8. The second-order valence-corrected chi connectivity index (χ2v) is 8.04. The van der Waals surface area contributed by atoms with Crippen molar-refractivity contribution in [3.63, 3.8) is 0 Å². The Kier molecular flexibility index (Phi) is 3.85. The topological polar surface area (TPSA) is 66.1 Å². The van der Waals surface area contributed by atoms with Gasteiger partial charge in [-0.05, 0) is 25.7 Å². The Morgan fingerprint density at radius 1 is 1.35 bits per heavy atom. The number of amides is 1. The van der Waals surface area contributed by atoms with Crippen LogP contribution in [0.1, 0.15) is 70.5 Å². The number of piperidine rings is 1. The van der Waals surface area contributed by atoms with E-state index in [0.29, 0.717) is 13.0 Å². The fourth-order valence-corrected chi connectivity index (χ4v) is 3.97. The molecule has 1 saturated heterocycles. The van der Waals surface area contributed by atoms with Crippen molar-refractivity contribution in [2.75, 3.05) is 13.1 Å². The normalized spacial score (nSPS) is 24.1. The molecular formula is C18H27N3O2. The Hall–Kier alpha value is -1.65. The Bertz CT molecular complexity index is 686. The van der Waals surface area contributed by atoms with Crippen molar-refractivity contribution in [2.24, 2.45) is 0 Å². The van der Waals surface area contributed by atoms with E-state index in [-0.39, 0.29) is 22.3 Å². The molecule has 0 radical (unpaired) electrons. The summed E-state index contributed by atoms with van der Waals surface area (Å²) in [6.07, 6.45) is 4.26. The van der Waals surface area contributed by atoms with Crippen LogP contribution in [0.25, 0.3) is 0 Å². The number of rotatable bonds is 1. The number of aromatic amines is 1. The third kappa shape index (κ3) is 2.70. The molecule has 1 spiro atoms. The smallest absolute Gasteiger partial charge is 0.254 e. The highest BCUT2D eigenvalue weighted by Gasteiger charge is 2.45. The summed E-state index contributed by atoms with van der Waals surface area (Å²) >= 11 is 0. The quantitative estimate of drug-likeness (QED) is 0.864. The fraction of sp³-hybridized carbons (Fsp3) is 0.722. The highest BCUT2D eigenvalue weighted by molar-refractivity contribution is 5.76. The van der Waals surface area contributed by atoms with Crippen LogP contribution in [0.15, 0.2) is 4.79 Å². The summed E-state index contributed by atoms with van der Waals surface area (Å²) < 4.78 is 0. The summed E-state index contributed by atoms with van der Waals surface area (Å²) in [5, 5.41) is 0. The van der Waals surface area contributed by atoms with Crippen LogP contribution < -0.4 is 5.56 Å². The molecule has 1 fully saturated rings. The largest absolute Gasteiger partial charge is 0.342 e. The van der Waals surface area contributed by atoms with Gasteiger partial charge in [-0.15, -0.1) is 0 Å². The van der Waals surface area contributed by atoms with E-state index in [2.05, 4.69) is 25.8 Å². The molecule has 1 unspecified atom stereocenters. The Morgan fingerprint density at radius 3 is 2.74 bits per heavy atom. The number of hydrogen-bond donors (Lipinski definition) is 1. The van der Waals surface area contributed by atoms with Crippen LogP contribution in [0.4, 0.5) is 0 Å². The molecule has 1 aromatic rings. The van der Waals surface area contributed by atoms with E-state index < -0.39 is 0 Å². The van der Waals surface area contributed by atoms with Crippen LogP contribution in [-0.2, 0) is 22.0 Å². The molecule has 126 valence electrons. The van der Waals surface area contributed by atoms with Gasteiger partial charge in [0, 0.05) is 35.9 Å². The number of nitrogens with one attached hydrogen (secondary N) is 1. The average molecular weight is 317 g/mol. The highest BCUT2D eigenvalue weighted by atomic mass is 16.2. The first-order chi connectivity index (χ1) is 10.8. The second-order valence-electron chi connectivity index (χ2n) is 8.04.